The van der Waals surface area contributed by atoms with Crippen LogP contribution in [0.5, 0.6) is 5.75 Å². The first-order valence-electron chi connectivity index (χ1n) is 5.81. The number of rotatable bonds is 1. The number of carbonyl (C=O) groups is 1. The van der Waals surface area contributed by atoms with Crippen molar-refractivity contribution in [1.82, 2.24) is 4.90 Å². The second kappa shape index (κ2) is 5.08. The fraction of sp³-hybridized carbons (Fsp3) is 0.462. The molecule has 4 heteroatoms. The minimum absolute atomic E-state index is 0.0625. The summed E-state index contributed by atoms with van der Waals surface area (Å²) in [6, 6.07) is 5.02. The van der Waals surface area contributed by atoms with Crippen LogP contribution in [0.1, 0.15) is 28.8 Å². The van der Waals surface area contributed by atoms with Gasteiger partial charge >= 0.3 is 0 Å². The molecule has 0 aliphatic carbocycles. The van der Waals surface area contributed by atoms with Crippen LogP contribution < -0.4 is 0 Å². The Morgan fingerprint density at radius 1 is 1.41 bits per heavy atom. The minimum Gasteiger partial charge on any atom is -0.508 e. The maximum atomic E-state index is 12.2. The van der Waals surface area contributed by atoms with Crippen LogP contribution >= 0.6 is 15.9 Å². The molecule has 1 aliphatic rings. The van der Waals surface area contributed by atoms with Crippen LogP contribution in [0.15, 0.2) is 18.2 Å². The van der Waals surface area contributed by atoms with Crippen LogP contribution in [0.25, 0.3) is 0 Å². The summed E-state index contributed by atoms with van der Waals surface area (Å²) in [4.78, 5) is 14.6. The molecule has 0 aromatic heterocycles. The fourth-order valence-electron chi connectivity index (χ4n) is 2.02. The van der Waals surface area contributed by atoms with Gasteiger partial charge in [0.05, 0.1) is 0 Å². The van der Waals surface area contributed by atoms with Gasteiger partial charge < -0.3 is 10.0 Å². The van der Waals surface area contributed by atoms with Gasteiger partial charge in [0, 0.05) is 23.5 Å². The first-order chi connectivity index (χ1) is 8.08. The number of aryl methyl sites for hydroxylation is 1. The Bertz CT molecular complexity index is 425. The lowest BCUT2D eigenvalue weighted by atomic mass is 10.1. The Morgan fingerprint density at radius 3 is 2.65 bits per heavy atom. The number of benzene rings is 1. The lowest BCUT2D eigenvalue weighted by Crippen LogP contribution is -2.38. The predicted molar refractivity (Wildman–Crippen MR) is 70.7 cm³/mol. The van der Waals surface area contributed by atoms with E-state index in [9.17, 15) is 9.90 Å². The van der Waals surface area contributed by atoms with Gasteiger partial charge in [-0.25, -0.2) is 0 Å². The Balaban J connectivity index is 2.11. The summed E-state index contributed by atoms with van der Waals surface area (Å²) in [5.74, 6) is 0.299. The van der Waals surface area contributed by atoms with Gasteiger partial charge in [-0.3, -0.25) is 4.79 Å². The number of aromatic hydroxyl groups is 1. The number of phenolic OH excluding ortho intramolecular Hbond substituents is 1. The summed E-state index contributed by atoms with van der Waals surface area (Å²) < 4.78 is 0. The SMILES string of the molecule is Cc1cc(C(=O)N2CCC(Br)CC2)ccc1O. The highest BCUT2D eigenvalue weighted by Crippen LogP contribution is 2.21. The molecule has 0 saturated carbocycles. The molecular weight excluding hydrogens is 282 g/mol. The van der Waals surface area contributed by atoms with E-state index in [1.165, 1.54) is 0 Å². The largest absolute Gasteiger partial charge is 0.508 e. The second-order valence-corrected chi connectivity index (χ2v) is 5.76. The molecule has 17 heavy (non-hydrogen) atoms. The summed E-state index contributed by atoms with van der Waals surface area (Å²) in [5.41, 5.74) is 1.40. The third-order valence-electron chi connectivity index (χ3n) is 3.16. The molecule has 2 rings (SSSR count). The number of piperidine rings is 1. The Labute approximate surface area is 110 Å². The molecule has 92 valence electrons. The molecule has 0 bridgehead atoms. The van der Waals surface area contributed by atoms with Crippen LogP contribution in [0, 0.1) is 6.92 Å². The van der Waals surface area contributed by atoms with E-state index in [1.807, 2.05) is 4.90 Å². The fourth-order valence-corrected chi connectivity index (χ4v) is 2.43. The normalized spacial score (nSPS) is 17.2. The molecule has 1 saturated heterocycles. The van der Waals surface area contributed by atoms with Gasteiger partial charge in [0.25, 0.3) is 5.91 Å². The zero-order chi connectivity index (χ0) is 12.4. The van der Waals surface area contributed by atoms with Crippen LogP contribution in [-0.4, -0.2) is 33.8 Å². The van der Waals surface area contributed by atoms with Crippen molar-refractivity contribution in [1.29, 1.82) is 0 Å². The van der Waals surface area contributed by atoms with Crippen molar-refractivity contribution in [3.05, 3.63) is 29.3 Å². The van der Waals surface area contributed by atoms with Crippen LogP contribution in [0.2, 0.25) is 0 Å². The first-order valence-corrected chi connectivity index (χ1v) is 6.72. The highest BCUT2D eigenvalue weighted by Gasteiger charge is 2.22. The van der Waals surface area contributed by atoms with Gasteiger partial charge in [-0.15, -0.1) is 0 Å². The Kier molecular flexibility index (Phi) is 3.72. The van der Waals surface area contributed by atoms with E-state index in [-0.39, 0.29) is 11.7 Å². The number of hydrogen-bond acceptors (Lipinski definition) is 2. The molecule has 1 aliphatic heterocycles. The Hall–Kier alpha value is -1.03. The topological polar surface area (TPSA) is 40.5 Å². The number of nitrogens with zero attached hydrogens (tertiary/aromatic N) is 1. The standard InChI is InChI=1S/C13H16BrNO2/c1-9-8-10(2-3-12(9)16)13(17)15-6-4-11(14)5-7-15/h2-3,8,11,16H,4-7H2,1H3. The quantitative estimate of drug-likeness (QED) is 0.810. The number of phenols is 1. The maximum Gasteiger partial charge on any atom is 0.253 e. The van der Waals surface area contributed by atoms with Gasteiger partial charge in [-0.05, 0) is 43.5 Å². The first kappa shape index (κ1) is 12.4. The van der Waals surface area contributed by atoms with E-state index in [1.54, 1.807) is 25.1 Å². The minimum atomic E-state index is 0.0625. The zero-order valence-corrected chi connectivity index (χ0v) is 11.4. The molecule has 3 nitrogen and oxygen atoms in total. The molecule has 0 radical (unpaired) electrons. The average Bonchev–Trinajstić information content (AvgIpc) is 2.33. The highest BCUT2D eigenvalue weighted by atomic mass is 79.9. The van der Waals surface area contributed by atoms with Crippen molar-refractivity contribution in [2.24, 2.45) is 0 Å². The van der Waals surface area contributed by atoms with E-state index in [4.69, 9.17) is 0 Å². The lowest BCUT2D eigenvalue weighted by Gasteiger charge is -2.29. The number of alkyl halides is 1. The van der Waals surface area contributed by atoms with Crippen LogP contribution in [0.3, 0.4) is 0 Å². The van der Waals surface area contributed by atoms with Crippen molar-refractivity contribution < 1.29 is 9.90 Å². The number of amides is 1. The average molecular weight is 298 g/mol. The highest BCUT2D eigenvalue weighted by molar-refractivity contribution is 9.09. The molecule has 1 aromatic rings. The summed E-state index contributed by atoms with van der Waals surface area (Å²) in [7, 11) is 0. The van der Waals surface area contributed by atoms with E-state index in [2.05, 4.69) is 15.9 Å². The van der Waals surface area contributed by atoms with Gasteiger partial charge in [-0.2, -0.15) is 0 Å². The Morgan fingerprint density at radius 2 is 2.06 bits per heavy atom. The summed E-state index contributed by atoms with van der Waals surface area (Å²) in [5, 5.41) is 9.44. The smallest absolute Gasteiger partial charge is 0.253 e. The molecule has 1 N–H and O–H groups in total. The summed E-state index contributed by atoms with van der Waals surface area (Å²) in [6.07, 6.45) is 2.01. The van der Waals surface area contributed by atoms with Crippen molar-refractivity contribution in [3.8, 4) is 5.75 Å². The molecule has 1 aromatic carbocycles. The monoisotopic (exact) mass is 297 g/mol. The molecule has 0 unspecified atom stereocenters. The number of hydrogen-bond donors (Lipinski definition) is 1. The van der Waals surface area contributed by atoms with E-state index < -0.39 is 0 Å². The number of carbonyl (C=O) groups excluding carboxylic acids is 1. The molecule has 1 heterocycles. The molecule has 0 atom stereocenters. The summed E-state index contributed by atoms with van der Waals surface area (Å²) >= 11 is 3.57. The van der Waals surface area contributed by atoms with Gasteiger partial charge in [-0.1, -0.05) is 15.9 Å². The zero-order valence-electron chi connectivity index (χ0n) is 9.82. The van der Waals surface area contributed by atoms with Crippen LogP contribution in [-0.2, 0) is 0 Å². The van der Waals surface area contributed by atoms with Crippen LogP contribution in [0.4, 0.5) is 0 Å². The number of likely N-dealkylation sites (tertiary alicyclic amines) is 1. The predicted octanol–water partition coefficient (Wildman–Crippen LogP) is 2.70. The van der Waals surface area contributed by atoms with E-state index in [0.29, 0.717) is 10.4 Å². The van der Waals surface area contributed by atoms with Gasteiger partial charge in [0.15, 0.2) is 0 Å². The van der Waals surface area contributed by atoms with Crippen molar-refractivity contribution in [2.45, 2.75) is 24.6 Å². The third kappa shape index (κ3) is 2.80. The van der Waals surface area contributed by atoms with Gasteiger partial charge in [0.1, 0.15) is 5.75 Å². The van der Waals surface area contributed by atoms with Crippen molar-refractivity contribution >= 4 is 21.8 Å². The number of halogens is 1. The summed E-state index contributed by atoms with van der Waals surface area (Å²) in [6.45, 7) is 3.40. The van der Waals surface area contributed by atoms with Crippen molar-refractivity contribution in [3.63, 3.8) is 0 Å². The lowest BCUT2D eigenvalue weighted by molar-refractivity contribution is 0.0728. The molecule has 1 amide bonds. The van der Waals surface area contributed by atoms with Crippen molar-refractivity contribution in [2.75, 3.05) is 13.1 Å². The maximum absolute atomic E-state index is 12.2. The van der Waals surface area contributed by atoms with E-state index >= 15 is 0 Å². The van der Waals surface area contributed by atoms with E-state index in [0.717, 1.165) is 31.5 Å². The molecule has 1 fully saturated rings. The molecular formula is C13H16BrNO2. The second-order valence-electron chi connectivity index (χ2n) is 4.47. The third-order valence-corrected chi connectivity index (χ3v) is 4.07. The van der Waals surface area contributed by atoms with Gasteiger partial charge in [0.2, 0.25) is 0 Å². The molecule has 0 spiro atoms.